The Hall–Kier alpha value is -3.28. The van der Waals surface area contributed by atoms with E-state index in [1.54, 1.807) is 36.6 Å². The maximum absolute atomic E-state index is 12.7. The van der Waals surface area contributed by atoms with Crippen molar-refractivity contribution < 1.29 is 4.79 Å². The first-order chi connectivity index (χ1) is 13.0. The van der Waals surface area contributed by atoms with Crippen LogP contribution < -0.4 is 5.32 Å². The second kappa shape index (κ2) is 8.40. The number of nitrogens with zero attached hydrogens (tertiary/aromatic N) is 4. The van der Waals surface area contributed by atoms with Crippen LogP contribution in [0.5, 0.6) is 0 Å². The van der Waals surface area contributed by atoms with Gasteiger partial charge in [0, 0.05) is 37.9 Å². The number of rotatable bonds is 6. The fraction of sp³-hybridized carbons (Fsp3) is 0.238. The second-order valence-corrected chi connectivity index (χ2v) is 6.54. The van der Waals surface area contributed by atoms with Crippen LogP contribution in [0.15, 0.2) is 55.0 Å². The highest BCUT2D eigenvalue weighted by Crippen LogP contribution is 2.19. The second-order valence-electron chi connectivity index (χ2n) is 6.54. The highest BCUT2D eigenvalue weighted by Gasteiger charge is 2.14. The minimum absolute atomic E-state index is 0.130. The maximum atomic E-state index is 12.7. The number of hydrogen-bond donors (Lipinski definition) is 1. The Kier molecular flexibility index (Phi) is 5.76. The Bertz CT molecular complexity index is 927. The predicted octanol–water partition coefficient (Wildman–Crippen LogP) is 3.55. The molecule has 1 N–H and O–H groups in total. The lowest BCUT2D eigenvalue weighted by molar-refractivity contribution is 0.0791. The van der Waals surface area contributed by atoms with Gasteiger partial charge in [-0.25, -0.2) is 9.97 Å². The van der Waals surface area contributed by atoms with Gasteiger partial charge in [0.25, 0.3) is 5.91 Å². The Morgan fingerprint density at radius 3 is 2.59 bits per heavy atom. The van der Waals surface area contributed by atoms with E-state index in [1.165, 1.54) is 5.56 Å². The molecule has 0 unspecified atom stereocenters. The zero-order valence-corrected chi connectivity index (χ0v) is 15.8. The van der Waals surface area contributed by atoms with Crippen LogP contribution >= 0.6 is 0 Å². The molecule has 0 fully saturated rings. The van der Waals surface area contributed by atoms with Gasteiger partial charge >= 0.3 is 0 Å². The molecule has 3 aromatic rings. The van der Waals surface area contributed by atoms with Crippen molar-refractivity contribution in [3.05, 3.63) is 77.4 Å². The molecular formula is C21H23N5O. The van der Waals surface area contributed by atoms with Crippen LogP contribution in [0.25, 0.3) is 0 Å². The Morgan fingerprint density at radius 2 is 1.85 bits per heavy atom. The van der Waals surface area contributed by atoms with Gasteiger partial charge in [0.1, 0.15) is 5.69 Å². The average Bonchev–Trinajstić information content (AvgIpc) is 2.69. The normalized spacial score (nSPS) is 10.5. The Labute approximate surface area is 159 Å². The third-order valence-electron chi connectivity index (χ3n) is 4.34. The van der Waals surface area contributed by atoms with Crippen molar-refractivity contribution >= 4 is 17.5 Å². The van der Waals surface area contributed by atoms with E-state index in [-0.39, 0.29) is 5.91 Å². The van der Waals surface area contributed by atoms with Gasteiger partial charge in [-0.15, -0.1) is 0 Å². The zero-order chi connectivity index (χ0) is 19.2. The van der Waals surface area contributed by atoms with Gasteiger partial charge in [0.2, 0.25) is 5.95 Å². The summed E-state index contributed by atoms with van der Waals surface area (Å²) in [5, 5.41) is 3.19. The average molecular weight is 361 g/mol. The molecule has 3 rings (SSSR count). The van der Waals surface area contributed by atoms with Gasteiger partial charge in [0.05, 0.1) is 0 Å². The van der Waals surface area contributed by atoms with E-state index in [4.69, 9.17) is 0 Å². The van der Waals surface area contributed by atoms with E-state index in [0.29, 0.717) is 18.2 Å². The van der Waals surface area contributed by atoms with Gasteiger partial charge in [-0.3, -0.25) is 9.78 Å². The smallest absolute Gasteiger partial charge is 0.272 e. The van der Waals surface area contributed by atoms with E-state index in [0.717, 1.165) is 23.2 Å². The molecule has 0 saturated heterocycles. The van der Waals surface area contributed by atoms with Crippen molar-refractivity contribution in [2.45, 2.75) is 20.3 Å². The quantitative estimate of drug-likeness (QED) is 0.727. The number of hydrogen-bond acceptors (Lipinski definition) is 5. The molecule has 0 saturated carbocycles. The number of nitrogens with one attached hydrogen (secondary N) is 1. The Balaban J connectivity index is 1.67. The van der Waals surface area contributed by atoms with Crippen molar-refractivity contribution in [2.75, 3.05) is 18.9 Å². The molecule has 0 aliphatic rings. The zero-order valence-electron chi connectivity index (χ0n) is 15.8. The maximum Gasteiger partial charge on any atom is 0.272 e. The number of pyridine rings is 1. The molecule has 6 heteroatoms. The molecule has 0 aliphatic heterocycles. The lowest BCUT2D eigenvalue weighted by Gasteiger charge is -2.17. The SMILES string of the molecule is Cc1ccc(Nc2nccc(C(=O)N(C)CCc3ccncc3)n2)c(C)c1. The van der Waals surface area contributed by atoms with Gasteiger partial charge in [0.15, 0.2) is 0 Å². The van der Waals surface area contributed by atoms with E-state index in [2.05, 4.69) is 26.3 Å². The van der Waals surface area contributed by atoms with E-state index < -0.39 is 0 Å². The van der Waals surface area contributed by atoms with Crippen molar-refractivity contribution in [2.24, 2.45) is 0 Å². The molecule has 2 heterocycles. The molecule has 138 valence electrons. The monoisotopic (exact) mass is 361 g/mol. The molecule has 0 bridgehead atoms. The first-order valence-corrected chi connectivity index (χ1v) is 8.84. The van der Waals surface area contributed by atoms with Gasteiger partial charge in [-0.2, -0.15) is 0 Å². The van der Waals surface area contributed by atoms with E-state index >= 15 is 0 Å². The molecular weight excluding hydrogens is 338 g/mol. The van der Waals surface area contributed by atoms with Crippen LogP contribution in [0, 0.1) is 13.8 Å². The number of aryl methyl sites for hydroxylation is 2. The van der Waals surface area contributed by atoms with Gasteiger partial charge in [-0.05, 0) is 55.7 Å². The predicted molar refractivity (Wildman–Crippen MR) is 106 cm³/mol. The highest BCUT2D eigenvalue weighted by molar-refractivity contribution is 5.92. The summed E-state index contributed by atoms with van der Waals surface area (Å²) in [6.07, 6.45) is 5.88. The van der Waals surface area contributed by atoms with Crippen molar-refractivity contribution in [1.29, 1.82) is 0 Å². The third-order valence-corrected chi connectivity index (χ3v) is 4.34. The minimum Gasteiger partial charge on any atom is -0.340 e. The molecule has 2 aromatic heterocycles. The summed E-state index contributed by atoms with van der Waals surface area (Å²) in [6, 6.07) is 11.6. The van der Waals surface area contributed by atoms with Crippen LogP contribution in [-0.2, 0) is 6.42 Å². The molecule has 1 amide bonds. The first kappa shape index (κ1) is 18.5. The number of carbonyl (C=O) groups excluding carboxylic acids is 1. The lowest BCUT2D eigenvalue weighted by atomic mass is 10.1. The fourth-order valence-electron chi connectivity index (χ4n) is 2.76. The van der Waals surface area contributed by atoms with Crippen LogP contribution in [0.4, 0.5) is 11.6 Å². The number of aromatic nitrogens is 3. The summed E-state index contributed by atoms with van der Waals surface area (Å²) in [6.45, 7) is 4.68. The van der Waals surface area contributed by atoms with Crippen molar-refractivity contribution in [3.63, 3.8) is 0 Å². The molecule has 0 aliphatic carbocycles. The highest BCUT2D eigenvalue weighted by atomic mass is 16.2. The molecule has 0 radical (unpaired) electrons. The number of likely N-dealkylation sites (N-methyl/N-ethyl adjacent to an activating group) is 1. The standard InChI is InChI=1S/C21H23N5O/c1-15-4-5-18(16(2)14-15)24-21-23-12-8-19(25-21)20(27)26(3)13-9-17-6-10-22-11-7-17/h4-8,10-12,14H,9,13H2,1-3H3,(H,23,24,25). The number of amides is 1. The Morgan fingerprint density at radius 1 is 1.07 bits per heavy atom. The fourth-order valence-corrected chi connectivity index (χ4v) is 2.76. The lowest BCUT2D eigenvalue weighted by Crippen LogP contribution is -2.29. The molecule has 27 heavy (non-hydrogen) atoms. The van der Waals surface area contributed by atoms with E-state index in [9.17, 15) is 4.79 Å². The molecule has 0 atom stereocenters. The van der Waals surface area contributed by atoms with Gasteiger partial charge < -0.3 is 10.2 Å². The summed E-state index contributed by atoms with van der Waals surface area (Å²) in [4.78, 5) is 27.0. The topological polar surface area (TPSA) is 71.0 Å². The summed E-state index contributed by atoms with van der Waals surface area (Å²) < 4.78 is 0. The number of carbonyl (C=O) groups is 1. The van der Waals surface area contributed by atoms with Crippen molar-refractivity contribution in [1.82, 2.24) is 19.9 Å². The summed E-state index contributed by atoms with van der Waals surface area (Å²) >= 11 is 0. The van der Waals surface area contributed by atoms with E-state index in [1.807, 2.05) is 38.1 Å². The minimum atomic E-state index is -0.130. The third kappa shape index (κ3) is 4.88. The van der Waals surface area contributed by atoms with Crippen LogP contribution in [-0.4, -0.2) is 39.4 Å². The first-order valence-electron chi connectivity index (χ1n) is 8.84. The van der Waals surface area contributed by atoms with Crippen molar-refractivity contribution in [3.8, 4) is 0 Å². The molecule has 0 spiro atoms. The van der Waals surface area contributed by atoms with Crippen LogP contribution in [0.2, 0.25) is 0 Å². The summed E-state index contributed by atoms with van der Waals surface area (Å²) in [5.74, 6) is 0.283. The molecule has 1 aromatic carbocycles. The number of anilines is 2. The van der Waals surface area contributed by atoms with Gasteiger partial charge in [-0.1, -0.05) is 17.7 Å². The number of benzene rings is 1. The summed E-state index contributed by atoms with van der Waals surface area (Å²) in [7, 11) is 1.78. The van der Waals surface area contributed by atoms with Crippen LogP contribution in [0.3, 0.4) is 0 Å². The largest absolute Gasteiger partial charge is 0.340 e. The molecule has 6 nitrogen and oxygen atoms in total. The van der Waals surface area contributed by atoms with Crippen LogP contribution in [0.1, 0.15) is 27.2 Å². The summed E-state index contributed by atoms with van der Waals surface area (Å²) in [5.41, 5.74) is 4.73.